The molecule has 184 valence electrons. The summed E-state index contributed by atoms with van der Waals surface area (Å²) in [7, 11) is 0. The number of benzene rings is 2. The van der Waals surface area contributed by atoms with Gasteiger partial charge in [0.15, 0.2) is 0 Å². The molecule has 2 aromatic carbocycles. The van der Waals surface area contributed by atoms with Gasteiger partial charge in [0, 0.05) is 12.5 Å². The van der Waals surface area contributed by atoms with Crippen molar-refractivity contribution in [3.63, 3.8) is 0 Å². The third kappa shape index (κ3) is 3.60. The van der Waals surface area contributed by atoms with Crippen molar-refractivity contribution in [2.24, 2.45) is 5.92 Å². The van der Waals surface area contributed by atoms with Gasteiger partial charge in [-0.05, 0) is 60.3 Å². The molecule has 0 aromatic heterocycles. The fourth-order valence-electron chi connectivity index (χ4n) is 6.21. The molecule has 2 atom stereocenters. The van der Waals surface area contributed by atoms with Crippen molar-refractivity contribution in [1.82, 2.24) is 10.2 Å². The Kier molecular flexibility index (Phi) is 5.82. The van der Waals surface area contributed by atoms with E-state index in [1.165, 1.54) is 4.90 Å². The minimum Gasteiger partial charge on any atom is -0.479 e. The van der Waals surface area contributed by atoms with Gasteiger partial charge >= 0.3 is 12.1 Å². The van der Waals surface area contributed by atoms with Crippen molar-refractivity contribution in [1.29, 1.82) is 0 Å². The van der Waals surface area contributed by atoms with Crippen LogP contribution < -0.4 is 5.32 Å². The molecule has 2 fully saturated rings. The van der Waals surface area contributed by atoms with Crippen LogP contribution in [0.15, 0.2) is 48.5 Å². The summed E-state index contributed by atoms with van der Waals surface area (Å²) in [5.41, 5.74) is 2.21. The number of carbonyl (C=O) groups is 3. The van der Waals surface area contributed by atoms with E-state index in [9.17, 15) is 19.5 Å². The van der Waals surface area contributed by atoms with Gasteiger partial charge in [-0.1, -0.05) is 62.4 Å². The van der Waals surface area contributed by atoms with Crippen LogP contribution in [-0.2, 0) is 14.3 Å². The molecular weight excluding hydrogens is 444 g/mol. The number of amides is 2. The Morgan fingerprint density at radius 1 is 1.06 bits per heavy atom. The highest BCUT2D eigenvalue weighted by molar-refractivity contribution is 5.96. The summed E-state index contributed by atoms with van der Waals surface area (Å²) >= 11 is 0. The Balaban J connectivity index is 1.32. The molecule has 7 nitrogen and oxygen atoms in total. The van der Waals surface area contributed by atoms with Crippen molar-refractivity contribution >= 4 is 18.0 Å². The second-order valence-corrected chi connectivity index (χ2v) is 9.97. The van der Waals surface area contributed by atoms with E-state index < -0.39 is 23.1 Å². The second-order valence-electron chi connectivity index (χ2n) is 9.97. The summed E-state index contributed by atoms with van der Waals surface area (Å²) in [6.07, 6.45) is 2.13. The highest BCUT2D eigenvalue weighted by Crippen LogP contribution is 2.55. The first kappa shape index (κ1) is 23.4. The Labute approximate surface area is 205 Å². The fourth-order valence-corrected chi connectivity index (χ4v) is 6.21. The summed E-state index contributed by atoms with van der Waals surface area (Å²) in [6, 6.07) is 16.2. The average Bonchev–Trinajstić information content (AvgIpc) is 3.57. The minimum absolute atomic E-state index is 0.00133. The van der Waals surface area contributed by atoms with Gasteiger partial charge in [0.25, 0.3) is 0 Å². The SMILES string of the molecule is CCC(CC)(NC(=O)OCC1c2ccccc2-c2ccccc21)C(=O)N1CCCC2CC21C(=O)O. The molecule has 35 heavy (non-hydrogen) atoms. The lowest BCUT2D eigenvalue weighted by Gasteiger charge is -2.41. The van der Waals surface area contributed by atoms with Gasteiger partial charge in [-0.2, -0.15) is 0 Å². The van der Waals surface area contributed by atoms with E-state index in [4.69, 9.17) is 4.74 Å². The molecule has 2 amide bonds. The third-order valence-corrected chi connectivity index (χ3v) is 8.41. The van der Waals surface area contributed by atoms with Gasteiger partial charge in [0.1, 0.15) is 17.7 Å². The zero-order chi connectivity index (χ0) is 24.8. The van der Waals surface area contributed by atoms with Crippen molar-refractivity contribution in [2.45, 2.75) is 62.9 Å². The van der Waals surface area contributed by atoms with Crippen LogP contribution in [0.2, 0.25) is 0 Å². The molecule has 1 saturated carbocycles. The number of carboxylic acid groups (broad SMARTS) is 1. The molecule has 0 radical (unpaired) electrons. The molecule has 2 unspecified atom stereocenters. The zero-order valence-corrected chi connectivity index (χ0v) is 20.3. The third-order valence-electron chi connectivity index (χ3n) is 8.41. The normalized spacial score (nSPS) is 22.6. The Hall–Kier alpha value is -3.35. The van der Waals surface area contributed by atoms with Crippen molar-refractivity contribution in [3.05, 3.63) is 59.7 Å². The van der Waals surface area contributed by atoms with E-state index in [0.29, 0.717) is 25.8 Å². The molecule has 1 aliphatic heterocycles. The van der Waals surface area contributed by atoms with Gasteiger partial charge in [-0.15, -0.1) is 0 Å². The number of carboxylic acids is 1. The van der Waals surface area contributed by atoms with Crippen molar-refractivity contribution in [3.8, 4) is 11.1 Å². The van der Waals surface area contributed by atoms with Crippen molar-refractivity contribution in [2.75, 3.05) is 13.2 Å². The number of rotatable bonds is 7. The molecule has 2 aliphatic carbocycles. The van der Waals surface area contributed by atoms with Crippen LogP contribution in [0.25, 0.3) is 11.1 Å². The monoisotopic (exact) mass is 476 g/mol. The fraction of sp³-hybridized carbons (Fsp3) is 0.464. The summed E-state index contributed by atoms with van der Waals surface area (Å²) in [5, 5.41) is 12.8. The summed E-state index contributed by atoms with van der Waals surface area (Å²) in [6.45, 7) is 4.23. The summed E-state index contributed by atoms with van der Waals surface area (Å²) in [4.78, 5) is 40.4. The number of aliphatic carboxylic acids is 1. The quantitative estimate of drug-likeness (QED) is 0.611. The largest absolute Gasteiger partial charge is 0.479 e. The van der Waals surface area contributed by atoms with Gasteiger partial charge in [-0.3, -0.25) is 4.79 Å². The molecule has 0 bridgehead atoms. The average molecular weight is 477 g/mol. The smallest absolute Gasteiger partial charge is 0.408 e. The van der Waals surface area contributed by atoms with Gasteiger partial charge < -0.3 is 20.1 Å². The van der Waals surface area contributed by atoms with E-state index in [2.05, 4.69) is 29.6 Å². The van der Waals surface area contributed by atoms with E-state index in [1.807, 2.05) is 38.1 Å². The van der Waals surface area contributed by atoms with Crippen LogP contribution in [0.3, 0.4) is 0 Å². The van der Waals surface area contributed by atoms with Crippen LogP contribution in [0, 0.1) is 5.92 Å². The standard InChI is InChI=1S/C28H32N2O5/c1-3-27(4-2,24(31)30-15-9-10-18-16-28(18,30)25(32)33)29-26(34)35-17-23-21-13-7-5-11-19(21)20-12-6-8-14-22(20)23/h5-8,11-14,18,23H,3-4,9-10,15-17H2,1-2H3,(H,29,34)(H,32,33). The molecule has 5 rings (SSSR count). The maximum absolute atomic E-state index is 13.7. The molecule has 7 heteroatoms. The minimum atomic E-state index is -1.20. The van der Waals surface area contributed by atoms with Crippen LogP contribution in [0.5, 0.6) is 0 Å². The maximum atomic E-state index is 13.7. The molecule has 1 heterocycles. The predicted octanol–water partition coefficient (Wildman–Crippen LogP) is 4.55. The predicted molar refractivity (Wildman–Crippen MR) is 131 cm³/mol. The lowest BCUT2D eigenvalue weighted by molar-refractivity contribution is -0.158. The summed E-state index contributed by atoms with van der Waals surface area (Å²) < 4.78 is 5.71. The molecule has 3 aliphatic rings. The Morgan fingerprint density at radius 3 is 2.23 bits per heavy atom. The van der Waals surface area contributed by atoms with Crippen molar-refractivity contribution < 1.29 is 24.2 Å². The lowest BCUT2D eigenvalue weighted by Crippen LogP contribution is -2.64. The van der Waals surface area contributed by atoms with Gasteiger partial charge in [0.05, 0.1) is 0 Å². The number of carbonyl (C=O) groups excluding carboxylic acids is 2. The van der Waals surface area contributed by atoms with Gasteiger partial charge in [0.2, 0.25) is 5.91 Å². The van der Waals surface area contributed by atoms with E-state index in [0.717, 1.165) is 35.1 Å². The maximum Gasteiger partial charge on any atom is 0.408 e. The van der Waals surface area contributed by atoms with Crippen LogP contribution in [0.4, 0.5) is 4.79 Å². The number of nitrogens with one attached hydrogen (secondary N) is 1. The van der Waals surface area contributed by atoms with Crippen LogP contribution >= 0.6 is 0 Å². The van der Waals surface area contributed by atoms with Crippen LogP contribution in [0.1, 0.15) is 63.0 Å². The van der Waals surface area contributed by atoms with E-state index >= 15 is 0 Å². The number of likely N-dealkylation sites (tertiary alicyclic amines) is 1. The Morgan fingerprint density at radius 2 is 1.66 bits per heavy atom. The highest BCUT2D eigenvalue weighted by atomic mass is 16.5. The zero-order valence-electron chi connectivity index (χ0n) is 20.3. The number of piperidine rings is 1. The van der Waals surface area contributed by atoms with E-state index in [1.54, 1.807) is 0 Å². The molecule has 2 N–H and O–H groups in total. The molecule has 1 saturated heterocycles. The summed E-state index contributed by atoms with van der Waals surface area (Å²) in [5.74, 6) is -1.34. The first-order valence-electron chi connectivity index (χ1n) is 12.6. The number of hydrogen-bond acceptors (Lipinski definition) is 4. The second kappa shape index (κ2) is 8.70. The molecule has 0 spiro atoms. The Bertz CT molecular complexity index is 1130. The number of ether oxygens (including phenoxy) is 1. The lowest BCUT2D eigenvalue weighted by atomic mass is 9.88. The molecule has 2 aromatic rings. The topological polar surface area (TPSA) is 95.9 Å². The number of fused-ring (bicyclic) bond motifs is 4. The highest BCUT2D eigenvalue weighted by Gasteiger charge is 2.68. The van der Waals surface area contributed by atoms with E-state index in [-0.39, 0.29) is 24.3 Å². The number of alkyl carbamates (subject to hydrolysis) is 1. The first-order chi connectivity index (χ1) is 16.9. The van der Waals surface area contributed by atoms with Gasteiger partial charge in [-0.25, -0.2) is 9.59 Å². The number of hydrogen-bond donors (Lipinski definition) is 2. The van der Waals surface area contributed by atoms with Crippen LogP contribution in [-0.4, -0.2) is 52.2 Å². The molecular formula is C28H32N2O5. The first-order valence-corrected chi connectivity index (χ1v) is 12.6. The number of nitrogens with zero attached hydrogens (tertiary/aromatic N) is 1.